The molecule has 0 N–H and O–H groups in total. The standard InChI is InChI=1S/C12H18N4O/c1-3-5-16-10-12(9-14-16)17-8-7-15-6-4-13-11(15)2/h4,6,9-10H,3,5,7-8H2,1-2H3. The van der Waals surface area contributed by atoms with Gasteiger partial charge in [0.2, 0.25) is 0 Å². The van der Waals surface area contributed by atoms with E-state index < -0.39 is 0 Å². The lowest BCUT2D eigenvalue weighted by atomic mass is 10.5. The Morgan fingerprint density at radius 2 is 2.24 bits per heavy atom. The molecule has 2 rings (SSSR count). The Bertz CT molecular complexity index is 461. The maximum absolute atomic E-state index is 5.63. The maximum atomic E-state index is 5.63. The van der Waals surface area contributed by atoms with E-state index in [1.165, 1.54) is 0 Å². The number of nitrogens with zero attached hydrogens (tertiary/aromatic N) is 4. The summed E-state index contributed by atoms with van der Waals surface area (Å²) in [7, 11) is 0. The zero-order valence-corrected chi connectivity index (χ0v) is 10.3. The maximum Gasteiger partial charge on any atom is 0.157 e. The minimum absolute atomic E-state index is 0.634. The van der Waals surface area contributed by atoms with Gasteiger partial charge in [-0.15, -0.1) is 0 Å². The number of imidazole rings is 1. The van der Waals surface area contributed by atoms with E-state index in [-0.39, 0.29) is 0 Å². The molecule has 0 aliphatic carbocycles. The number of hydrogen-bond donors (Lipinski definition) is 0. The fourth-order valence-corrected chi connectivity index (χ4v) is 1.67. The van der Waals surface area contributed by atoms with Crippen molar-refractivity contribution in [3.8, 4) is 5.75 Å². The van der Waals surface area contributed by atoms with E-state index in [9.17, 15) is 0 Å². The van der Waals surface area contributed by atoms with E-state index in [1.54, 1.807) is 12.4 Å². The molecule has 0 atom stereocenters. The monoisotopic (exact) mass is 234 g/mol. The molecular weight excluding hydrogens is 216 g/mol. The smallest absolute Gasteiger partial charge is 0.157 e. The Kier molecular flexibility index (Phi) is 3.80. The molecule has 0 spiro atoms. The van der Waals surface area contributed by atoms with Crippen molar-refractivity contribution in [1.29, 1.82) is 0 Å². The minimum Gasteiger partial charge on any atom is -0.488 e. The summed E-state index contributed by atoms with van der Waals surface area (Å²) in [5.41, 5.74) is 0. The van der Waals surface area contributed by atoms with Crippen molar-refractivity contribution in [3.05, 3.63) is 30.6 Å². The first-order chi connectivity index (χ1) is 8.29. The third-order valence-electron chi connectivity index (χ3n) is 2.59. The highest BCUT2D eigenvalue weighted by Crippen LogP contribution is 2.08. The molecule has 2 heterocycles. The minimum atomic E-state index is 0.634. The summed E-state index contributed by atoms with van der Waals surface area (Å²) < 4.78 is 9.60. The summed E-state index contributed by atoms with van der Waals surface area (Å²) in [6.07, 6.45) is 8.53. The first kappa shape index (κ1) is 11.7. The average Bonchev–Trinajstić information content (AvgIpc) is 2.90. The molecule has 17 heavy (non-hydrogen) atoms. The molecule has 0 aromatic carbocycles. The summed E-state index contributed by atoms with van der Waals surface area (Å²) >= 11 is 0. The zero-order chi connectivity index (χ0) is 12.1. The first-order valence-electron chi connectivity index (χ1n) is 5.92. The molecule has 0 radical (unpaired) electrons. The van der Waals surface area contributed by atoms with Crippen LogP contribution in [0.3, 0.4) is 0 Å². The highest BCUT2D eigenvalue weighted by Gasteiger charge is 2.00. The third kappa shape index (κ3) is 3.09. The summed E-state index contributed by atoms with van der Waals surface area (Å²) in [6, 6.07) is 0. The predicted octanol–water partition coefficient (Wildman–Crippen LogP) is 1.88. The topological polar surface area (TPSA) is 44.9 Å². The number of hydrogen-bond acceptors (Lipinski definition) is 3. The van der Waals surface area contributed by atoms with Gasteiger partial charge in [0, 0.05) is 18.9 Å². The molecule has 2 aromatic rings. The van der Waals surface area contributed by atoms with Gasteiger partial charge < -0.3 is 9.30 Å². The second kappa shape index (κ2) is 5.52. The molecule has 0 amide bonds. The van der Waals surface area contributed by atoms with Crippen LogP contribution >= 0.6 is 0 Å². The van der Waals surface area contributed by atoms with Gasteiger partial charge in [-0.3, -0.25) is 4.68 Å². The van der Waals surface area contributed by atoms with Gasteiger partial charge in [-0.1, -0.05) is 6.92 Å². The summed E-state index contributed by atoms with van der Waals surface area (Å²) in [6.45, 7) is 6.49. The lowest BCUT2D eigenvalue weighted by molar-refractivity contribution is 0.296. The fraction of sp³-hybridized carbons (Fsp3) is 0.500. The van der Waals surface area contributed by atoms with Crippen LogP contribution in [0.2, 0.25) is 0 Å². The Morgan fingerprint density at radius 3 is 2.94 bits per heavy atom. The van der Waals surface area contributed by atoms with Gasteiger partial charge in [0.05, 0.1) is 18.9 Å². The van der Waals surface area contributed by atoms with Gasteiger partial charge in [-0.25, -0.2) is 4.98 Å². The van der Waals surface area contributed by atoms with Crippen LogP contribution in [0.25, 0.3) is 0 Å². The molecule has 0 aliphatic rings. The molecule has 0 bridgehead atoms. The molecular formula is C12H18N4O. The summed E-state index contributed by atoms with van der Waals surface area (Å²) in [5, 5.41) is 4.21. The van der Waals surface area contributed by atoms with E-state index in [0.29, 0.717) is 6.61 Å². The Hall–Kier alpha value is -1.78. The van der Waals surface area contributed by atoms with Crippen LogP contribution < -0.4 is 4.74 Å². The number of aryl methyl sites for hydroxylation is 2. The van der Waals surface area contributed by atoms with Gasteiger partial charge >= 0.3 is 0 Å². The Morgan fingerprint density at radius 1 is 1.35 bits per heavy atom. The Balaban J connectivity index is 1.80. The summed E-state index contributed by atoms with van der Waals surface area (Å²) in [5.74, 6) is 1.84. The van der Waals surface area contributed by atoms with Crippen LogP contribution in [0, 0.1) is 6.92 Å². The van der Waals surface area contributed by atoms with Gasteiger partial charge in [0.15, 0.2) is 5.75 Å². The van der Waals surface area contributed by atoms with Gasteiger partial charge in [0.1, 0.15) is 12.4 Å². The quantitative estimate of drug-likeness (QED) is 0.766. The van der Waals surface area contributed by atoms with E-state index in [1.807, 2.05) is 24.0 Å². The molecule has 0 aliphatic heterocycles. The first-order valence-corrected chi connectivity index (χ1v) is 5.92. The van der Waals surface area contributed by atoms with Crippen LogP contribution in [-0.2, 0) is 13.1 Å². The van der Waals surface area contributed by atoms with Crippen molar-refractivity contribution in [2.45, 2.75) is 33.4 Å². The molecule has 0 fully saturated rings. The van der Waals surface area contributed by atoms with Gasteiger partial charge in [0.25, 0.3) is 0 Å². The van der Waals surface area contributed by atoms with E-state index >= 15 is 0 Å². The van der Waals surface area contributed by atoms with Crippen molar-refractivity contribution in [2.24, 2.45) is 0 Å². The number of aromatic nitrogens is 4. The fourth-order valence-electron chi connectivity index (χ4n) is 1.67. The van der Waals surface area contributed by atoms with E-state index in [4.69, 9.17) is 4.74 Å². The molecule has 5 heteroatoms. The van der Waals surface area contributed by atoms with Crippen LogP contribution in [0.5, 0.6) is 5.75 Å². The largest absolute Gasteiger partial charge is 0.488 e. The van der Waals surface area contributed by atoms with Crippen LogP contribution in [0.15, 0.2) is 24.8 Å². The van der Waals surface area contributed by atoms with E-state index in [0.717, 1.165) is 31.1 Å². The number of ether oxygens (including phenoxy) is 1. The Labute approximate surface area is 101 Å². The average molecular weight is 234 g/mol. The second-order valence-electron chi connectivity index (χ2n) is 3.96. The summed E-state index contributed by atoms with van der Waals surface area (Å²) in [4.78, 5) is 4.16. The third-order valence-corrected chi connectivity index (χ3v) is 2.59. The second-order valence-corrected chi connectivity index (χ2v) is 3.96. The molecule has 2 aromatic heterocycles. The van der Waals surface area contributed by atoms with Gasteiger partial charge in [-0.2, -0.15) is 5.10 Å². The van der Waals surface area contributed by atoms with Gasteiger partial charge in [-0.05, 0) is 13.3 Å². The van der Waals surface area contributed by atoms with Crippen molar-refractivity contribution in [2.75, 3.05) is 6.61 Å². The lowest BCUT2D eigenvalue weighted by Crippen LogP contribution is -2.08. The number of rotatable bonds is 6. The van der Waals surface area contributed by atoms with Crippen LogP contribution in [0.1, 0.15) is 19.2 Å². The van der Waals surface area contributed by atoms with Crippen LogP contribution in [0.4, 0.5) is 0 Å². The highest BCUT2D eigenvalue weighted by atomic mass is 16.5. The lowest BCUT2D eigenvalue weighted by Gasteiger charge is -2.05. The van der Waals surface area contributed by atoms with E-state index in [2.05, 4.69) is 21.6 Å². The molecule has 0 unspecified atom stereocenters. The highest BCUT2D eigenvalue weighted by molar-refractivity contribution is 5.11. The van der Waals surface area contributed by atoms with Crippen molar-refractivity contribution in [1.82, 2.24) is 19.3 Å². The van der Waals surface area contributed by atoms with Crippen molar-refractivity contribution < 1.29 is 4.74 Å². The van der Waals surface area contributed by atoms with Crippen LogP contribution in [-0.4, -0.2) is 25.9 Å². The molecule has 0 saturated heterocycles. The SMILES string of the molecule is CCCn1cc(OCCn2ccnc2C)cn1. The molecule has 92 valence electrons. The molecule has 0 saturated carbocycles. The van der Waals surface area contributed by atoms with Crippen molar-refractivity contribution >= 4 is 0 Å². The zero-order valence-electron chi connectivity index (χ0n) is 10.3. The normalized spacial score (nSPS) is 10.7. The molecule has 5 nitrogen and oxygen atoms in total. The van der Waals surface area contributed by atoms with Crippen molar-refractivity contribution in [3.63, 3.8) is 0 Å². The predicted molar refractivity (Wildman–Crippen MR) is 65.0 cm³/mol.